The smallest absolute Gasteiger partial charge is 0.103 e. The molecule has 0 aliphatic carbocycles. The van der Waals surface area contributed by atoms with Crippen LogP contribution in [0.25, 0.3) is 10.9 Å². The summed E-state index contributed by atoms with van der Waals surface area (Å²) in [5, 5.41) is 18.4. The lowest BCUT2D eigenvalue weighted by atomic mass is 10.0. The van der Waals surface area contributed by atoms with Gasteiger partial charge in [0, 0.05) is 23.5 Å². The van der Waals surface area contributed by atoms with Gasteiger partial charge in [0.1, 0.15) is 6.07 Å². The van der Waals surface area contributed by atoms with E-state index in [0.717, 1.165) is 40.0 Å². The summed E-state index contributed by atoms with van der Waals surface area (Å²) in [5.74, 6) is 0. The Bertz CT molecular complexity index is 1430. The summed E-state index contributed by atoms with van der Waals surface area (Å²) in [6, 6.07) is 26.4. The van der Waals surface area contributed by atoms with Crippen molar-refractivity contribution < 1.29 is 0 Å². The SMILES string of the molecule is CC[C@@H](Nc1c(C#N)cnc2c(Cl)cc(NC(C3=CNNN3)c3ccccc3)cc12)c1ccccc1. The van der Waals surface area contributed by atoms with Crippen LogP contribution in [0.2, 0.25) is 5.02 Å². The first-order valence-corrected chi connectivity index (χ1v) is 12.2. The van der Waals surface area contributed by atoms with Gasteiger partial charge >= 0.3 is 0 Å². The summed E-state index contributed by atoms with van der Waals surface area (Å²) in [6.07, 6.45) is 4.31. The first-order chi connectivity index (χ1) is 17.7. The van der Waals surface area contributed by atoms with Crippen LogP contribution in [-0.4, -0.2) is 4.98 Å². The molecule has 1 unspecified atom stereocenters. The predicted octanol–water partition coefficient (Wildman–Crippen LogP) is 5.93. The van der Waals surface area contributed by atoms with Crippen molar-refractivity contribution >= 4 is 33.9 Å². The Labute approximate surface area is 215 Å². The Morgan fingerprint density at radius 1 is 1.00 bits per heavy atom. The molecule has 1 aromatic heterocycles. The molecule has 0 fully saturated rings. The number of hydrazine groups is 2. The molecule has 0 bridgehead atoms. The summed E-state index contributed by atoms with van der Waals surface area (Å²) < 4.78 is 0. The number of aromatic nitrogens is 1. The highest BCUT2D eigenvalue weighted by Gasteiger charge is 2.21. The van der Waals surface area contributed by atoms with Crippen molar-refractivity contribution in [2.24, 2.45) is 0 Å². The monoisotopic (exact) mass is 495 g/mol. The summed E-state index contributed by atoms with van der Waals surface area (Å²) in [7, 11) is 0. The number of hydrogen-bond donors (Lipinski definition) is 5. The minimum atomic E-state index is -0.168. The van der Waals surface area contributed by atoms with Gasteiger partial charge in [-0.05, 0) is 29.7 Å². The second kappa shape index (κ2) is 10.6. The normalized spacial score (nSPS) is 14.2. The minimum absolute atomic E-state index is 0.0290. The van der Waals surface area contributed by atoms with Crippen molar-refractivity contribution in [3.63, 3.8) is 0 Å². The Balaban J connectivity index is 1.58. The lowest BCUT2D eigenvalue weighted by Gasteiger charge is -2.23. The number of halogens is 1. The van der Waals surface area contributed by atoms with Crippen LogP contribution in [0, 0.1) is 11.3 Å². The molecule has 8 heteroatoms. The minimum Gasteiger partial charge on any atom is -0.377 e. The standard InChI is InChI=1S/C28H26ClN7/c1-2-24(18-9-5-3-6-10-18)34-26-20(15-30)16-31-28-22(26)13-21(14-23(28)29)33-27(25-17-32-36-35-25)19-11-7-4-8-12-19/h3-14,16-17,24,27,32-33,35-36H,2H2,1H3,(H,31,34)/t24-,27?/m1/s1. The Morgan fingerprint density at radius 3 is 2.36 bits per heavy atom. The van der Waals surface area contributed by atoms with Gasteiger partial charge in [0.25, 0.3) is 0 Å². The highest BCUT2D eigenvalue weighted by Crippen LogP contribution is 2.37. The summed E-state index contributed by atoms with van der Waals surface area (Å²) in [5.41, 5.74) is 14.8. The molecule has 3 aromatic carbocycles. The third kappa shape index (κ3) is 4.78. The quantitative estimate of drug-likeness (QED) is 0.207. The third-order valence-corrected chi connectivity index (χ3v) is 6.52. The molecule has 5 rings (SSSR count). The number of pyridine rings is 1. The van der Waals surface area contributed by atoms with Crippen LogP contribution in [0.3, 0.4) is 0 Å². The van der Waals surface area contributed by atoms with Gasteiger partial charge in [-0.3, -0.25) is 4.98 Å². The van der Waals surface area contributed by atoms with Crippen LogP contribution in [0.1, 0.15) is 42.1 Å². The third-order valence-electron chi connectivity index (χ3n) is 6.24. The largest absolute Gasteiger partial charge is 0.377 e. The van der Waals surface area contributed by atoms with Crippen molar-refractivity contribution in [3.05, 3.63) is 113 Å². The van der Waals surface area contributed by atoms with Crippen molar-refractivity contribution in [1.29, 1.82) is 5.26 Å². The zero-order valence-corrected chi connectivity index (χ0v) is 20.5. The van der Waals surface area contributed by atoms with E-state index in [0.29, 0.717) is 16.1 Å². The van der Waals surface area contributed by atoms with Gasteiger partial charge in [0.05, 0.1) is 39.6 Å². The topological polar surface area (TPSA) is 96.8 Å². The van der Waals surface area contributed by atoms with Crippen molar-refractivity contribution in [1.82, 2.24) is 21.4 Å². The molecule has 7 nitrogen and oxygen atoms in total. The van der Waals surface area contributed by atoms with Crippen LogP contribution in [0.4, 0.5) is 11.4 Å². The van der Waals surface area contributed by atoms with E-state index in [-0.39, 0.29) is 12.1 Å². The number of anilines is 2. The van der Waals surface area contributed by atoms with E-state index < -0.39 is 0 Å². The summed E-state index contributed by atoms with van der Waals surface area (Å²) in [6.45, 7) is 2.12. The highest BCUT2D eigenvalue weighted by atomic mass is 35.5. The molecule has 2 atom stereocenters. The molecule has 2 heterocycles. The number of nitrogens with zero attached hydrogens (tertiary/aromatic N) is 2. The fraction of sp³-hybridized carbons (Fsp3) is 0.143. The summed E-state index contributed by atoms with van der Waals surface area (Å²) >= 11 is 6.74. The van der Waals surface area contributed by atoms with E-state index in [1.807, 2.05) is 54.7 Å². The molecule has 180 valence electrons. The molecule has 1 aliphatic heterocycles. The van der Waals surface area contributed by atoms with Crippen molar-refractivity contribution in [2.75, 3.05) is 10.6 Å². The van der Waals surface area contributed by atoms with E-state index in [4.69, 9.17) is 11.6 Å². The number of hydrogen-bond acceptors (Lipinski definition) is 7. The maximum Gasteiger partial charge on any atom is 0.103 e. The molecule has 1 aliphatic rings. The van der Waals surface area contributed by atoms with Crippen molar-refractivity contribution in [3.8, 4) is 6.07 Å². The van der Waals surface area contributed by atoms with Crippen LogP contribution in [0.5, 0.6) is 0 Å². The molecule has 0 saturated heterocycles. The molecular weight excluding hydrogens is 470 g/mol. The van der Waals surface area contributed by atoms with E-state index >= 15 is 0 Å². The molecule has 36 heavy (non-hydrogen) atoms. The van der Waals surface area contributed by atoms with Gasteiger partial charge < -0.3 is 21.5 Å². The van der Waals surface area contributed by atoms with Crippen molar-refractivity contribution in [2.45, 2.75) is 25.4 Å². The van der Waals surface area contributed by atoms with Gasteiger partial charge in [-0.25, -0.2) is 0 Å². The molecule has 0 spiro atoms. The van der Waals surface area contributed by atoms with Gasteiger partial charge in [0.2, 0.25) is 0 Å². The highest BCUT2D eigenvalue weighted by molar-refractivity contribution is 6.35. The van der Waals surface area contributed by atoms with E-state index in [2.05, 4.69) is 69.3 Å². The zero-order valence-electron chi connectivity index (χ0n) is 19.7. The van der Waals surface area contributed by atoms with Crippen LogP contribution in [-0.2, 0) is 0 Å². The van der Waals surface area contributed by atoms with Gasteiger partial charge in [-0.1, -0.05) is 79.2 Å². The first-order valence-electron chi connectivity index (χ1n) is 11.8. The van der Waals surface area contributed by atoms with Crippen LogP contribution >= 0.6 is 11.6 Å². The number of rotatable bonds is 8. The van der Waals surface area contributed by atoms with Crippen LogP contribution in [0.15, 0.2) is 90.9 Å². The number of nitrogens with one attached hydrogen (secondary N) is 5. The zero-order chi connectivity index (χ0) is 24.9. The molecule has 0 amide bonds. The Hall–Kier alpha value is -4.25. The van der Waals surface area contributed by atoms with E-state index in [1.54, 1.807) is 6.20 Å². The Morgan fingerprint density at radius 2 is 1.72 bits per heavy atom. The van der Waals surface area contributed by atoms with Crippen LogP contribution < -0.4 is 27.0 Å². The molecular formula is C28H26ClN7. The second-order valence-corrected chi connectivity index (χ2v) is 8.92. The lowest BCUT2D eigenvalue weighted by Crippen LogP contribution is -2.33. The maximum absolute atomic E-state index is 9.90. The molecule has 0 radical (unpaired) electrons. The van der Waals surface area contributed by atoms with E-state index in [9.17, 15) is 5.26 Å². The Kier molecular flexibility index (Phi) is 6.89. The maximum atomic E-state index is 9.90. The van der Waals surface area contributed by atoms with Gasteiger partial charge in [-0.15, -0.1) is 0 Å². The lowest BCUT2D eigenvalue weighted by molar-refractivity contribution is 0.583. The number of nitriles is 1. The number of fused-ring (bicyclic) bond motifs is 1. The average molecular weight is 496 g/mol. The predicted molar refractivity (Wildman–Crippen MR) is 145 cm³/mol. The fourth-order valence-electron chi connectivity index (χ4n) is 4.43. The molecule has 5 N–H and O–H groups in total. The van der Waals surface area contributed by atoms with E-state index in [1.165, 1.54) is 0 Å². The van der Waals surface area contributed by atoms with Gasteiger partial charge in [0.15, 0.2) is 0 Å². The second-order valence-electron chi connectivity index (χ2n) is 8.51. The number of benzene rings is 3. The molecule has 0 saturated carbocycles. The van der Waals surface area contributed by atoms with Gasteiger partial charge in [-0.2, -0.15) is 10.8 Å². The fourth-order valence-corrected chi connectivity index (χ4v) is 4.70. The average Bonchev–Trinajstić information content (AvgIpc) is 3.46. The molecule has 4 aromatic rings. The first kappa shape index (κ1) is 23.5. The summed E-state index contributed by atoms with van der Waals surface area (Å²) in [4.78, 5) is 4.51.